The van der Waals surface area contributed by atoms with E-state index in [1.807, 2.05) is 0 Å². The molecule has 0 saturated carbocycles. The summed E-state index contributed by atoms with van der Waals surface area (Å²) < 4.78 is 23.3. The quantitative estimate of drug-likeness (QED) is 0.230. The Balaban J connectivity index is 1.59. The summed E-state index contributed by atoms with van der Waals surface area (Å²) in [6.45, 7) is -0.618. The first-order valence-electron chi connectivity index (χ1n) is 9.83. The average Bonchev–Trinajstić information content (AvgIpc) is 3.07. The van der Waals surface area contributed by atoms with Crippen molar-refractivity contribution in [1.29, 1.82) is 0 Å². The number of ether oxygens (including phenoxy) is 2. The molecule has 0 radical (unpaired) electrons. The lowest BCUT2D eigenvalue weighted by Crippen LogP contribution is -2.29. The van der Waals surface area contributed by atoms with Gasteiger partial charge in [0.25, 0.3) is 11.8 Å². The predicted octanol–water partition coefficient (Wildman–Crippen LogP) is 5.63. The molecule has 178 valence electrons. The third-order valence-electron chi connectivity index (χ3n) is 5.16. The maximum absolute atomic E-state index is 13.0. The predicted molar refractivity (Wildman–Crippen MR) is 127 cm³/mol. The molecule has 3 aromatic carbocycles. The number of carbonyl (C=O) groups is 4. The van der Waals surface area contributed by atoms with Crippen molar-refractivity contribution in [3.05, 3.63) is 91.7 Å². The number of halogens is 4. The molecule has 0 aliphatic carbocycles. The Morgan fingerprint density at radius 2 is 1.46 bits per heavy atom. The van der Waals surface area contributed by atoms with Crippen LogP contribution in [-0.2, 0) is 4.74 Å². The SMILES string of the molecule is COc1cc(N2C(=O)c3cc(Cl)c(Cl)cc3C2=O)c(Cl)cc1C(=O)OCC(=O)c1ccc(F)cc1. The third-order valence-corrected chi connectivity index (χ3v) is 6.18. The Hall–Kier alpha value is -3.46. The molecule has 0 saturated heterocycles. The molecule has 0 atom stereocenters. The van der Waals surface area contributed by atoms with Gasteiger partial charge in [0.2, 0.25) is 0 Å². The zero-order valence-electron chi connectivity index (χ0n) is 17.7. The number of hydrogen-bond donors (Lipinski definition) is 0. The van der Waals surface area contributed by atoms with E-state index in [1.165, 1.54) is 37.4 Å². The molecule has 0 aromatic heterocycles. The molecule has 0 spiro atoms. The molecule has 35 heavy (non-hydrogen) atoms. The molecular formula is C24H13Cl3FNO6. The maximum atomic E-state index is 13.0. The highest BCUT2D eigenvalue weighted by molar-refractivity contribution is 6.45. The number of rotatable bonds is 6. The smallest absolute Gasteiger partial charge is 0.342 e. The fraction of sp³-hybridized carbons (Fsp3) is 0.0833. The van der Waals surface area contributed by atoms with Gasteiger partial charge in [-0.2, -0.15) is 0 Å². The van der Waals surface area contributed by atoms with E-state index in [2.05, 4.69) is 0 Å². The molecule has 11 heteroatoms. The summed E-state index contributed by atoms with van der Waals surface area (Å²) in [5, 5.41) is 0.0741. The summed E-state index contributed by atoms with van der Waals surface area (Å²) in [4.78, 5) is 51.5. The first-order valence-corrected chi connectivity index (χ1v) is 11.0. The van der Waals surface area contributed by atoms with Gasteiger partial charge in [0.15, 0.2) is 12.4 Å². The van der Waals surface area contributed by atoms with Crippen molar-refractivity contribution >= 4 is 64.1 Å². The minimum atomic E-state index is -0.938. The average molecular weight is 537 g/mol. The second kappa shape index (κ2) is 9.65. The van der Waals surface area contributed by atoms with Crippen LogP contribution in [0.15, 0.2) is 48.5 Å². The van der Waals surface area contributed by atoms with Crippen LogP contribution >= 0.6 is 34.8 Å². The minimum Gasteiger partial charge on any atom is -0.496 e. The van der Waals surface area contributed by atoms with Gasteiger partial charge in [-0.1, -0.05) is 34.8 Å². The highest BCUT2D eigenvalue weighted by Crippen LogP contribution is 2.39. The largest absolute Gasteiger partial charge is 0.496 e. The van der Waals surface area contributed by atoms with Crippen LogP contribution in [0.1, 0.15) is 41.4 Å². The van der Waals surface area contributed by atoms with Crippen LogP contribution in [0, 0.1) is 5.82 Å². The number of Topliss-reactive ketones (excluding diaryl/α,β-unsaturated/α-hetero) is 1. The number of carbonyl (C=O) groups excluding carboxylic acids is 4. The van der Waals surface area contributed by atoms with Crippen molar-refractivity contribution in [3.63, 3.8) is 0 Å². The number of anilines is 1. The highest BCUT2D eigenvalue weighted by atomic mass is 35.5. The van der Waals surface area contributed by atoms with Gasteiger partial charge in [0.1, 0.15) is 17.1 Å². The monoisotopic (exact) mass is 535 g/mol. The first kappa shape index (κ1) is 24.7. The maximum Gasteiger partial charge on any atom is 0.342 e. The van der Waals surface area contributed by atoms with Gasteiger partial charge in [0, 0.05) is 11.6 Å². The number of benzene rings is 3. The zero-order chi connectivity index (χ0) is 25.4. The van der Waals surface area contributed by atoms with Crippen molar-refractivity contribution in [3.8, 4) is 5.75 Å². The summed E-state index contributed by atoms with van der Waals surface area (Å²) in [7, 11) is 1.26. The van der Waals surface area contributed by atoms with Crippen molar-refractivity contribution in [2.24, 2.45) is 0 Å². The lowest BCUT2D eigenvalue weighted by molar-refractivity contribution is 0.0471. The molecule has 2 amide bonds. The lowest BCUT2D eigenvalue weighted by atomic mass is 10.1. The highest BCUT2D eigenvalue weighted by Gasteiger charge is 2.39. The molecule has 0 fully saturated rings. The molecule has 0 N–H and O–H groups in total. The summed E-state index contributed by atoms with van der Waals surface area (Å²) >= 11 is 18.3. The van der Waals surface area contributed by atoms with E-state index in [4.69, 9.17) is 44.3 Å². The van der Waals surface area contributed by atoms with Crippen molar-refractivity contribution < 1.29 is 33.0 Å². The van der Waals surface area contributed by atoms with Crippen LogP contribution in [0.5, 0.6) is 5.75 Å². The molecule has 0 unspecified atom stereocenters. The molecule has 4 rings (SSSR count). The van der Waals surface area contributed by atoms with E-state index in [1.54, 1.807) is 0 Å². The summed E-state index contributed by atoms with van der Waals surface area (Å²) in [6.07, 6.45) is 0. The Bertz CT molecular complexity index is 1370. The number of esters is 1. The van der Waals surface area contributed by atoms with Crippen molar-refractivity contribution in [2.45, 2.75) is 0 Å². The van der Waals surface area contributed by atoms with Crippen LogP contribution in [0.2, 0.25) is 15.1 Å². The normalized spacial score (nSPS) is 12.5. The van der Waals surface area contributed by atoms with Crippen LogP contribution in [-0.4, -0.2) is 37.3 Å². The van der Waals surface area contributed by atoms with E-state index >= 15 is 0 Å². The molecule has 0 bridgehead atoms. The van der Waals surface area contributed by atoms with Gasteiger partial charge >= 0.3 is 5.97 Å². The van der Waals surface area contributed by atoms with Gasteiger partial charge < -0.3 is 9.47 Å². The van der Waals surface area contributed by atoms with Gasteiger partial charge in [-0.25, -0.2) is 14.1 Å². The Kier molecular flexibility index (Phi) is 6.80. The van der Waals surface area contributed by atoms with E-state index in [9.17, 15) is 23.6 Å². The van der Waals surface area contributed by atoms with Crippen molar-refractivity contribution in [1.82, 2.24) is 0 Å². The Morgan fingerprint density at radius 3 is 2.00 bits per heavy atom. The third kappa shape index (κ3) is 4.60. The number of ketones is 1. The number of hydrogen-bond acceptors (Lipinski definition) is 6. The van der Waals surface area contributed by atoms with E-state index in [0.29, 0.717) is 0 Å². The minimum absolute atomic E-state index is 0.0408. The Morgan fingerprint density at radius 1 is 0.886 bits per heavy atom. The number of amides is 2. The van der Waals surface area contributed by atoms with E-state index < -0.39 is 36.0 Å². The first-order chi connectivity index (χ1) is 16.6. The summed E-state index contributed by atoms with van der Waals surface area (Å²) in [5.74, 6) is -3.44. The standard InChI is InChI=1S/C24H13Cl3FNO6/c1-34-21-9-19(29-22(31)13-6-16(25)17(26)7-14(13)23(29)32)18(27)8-15(21)24(33)35-10-20(30)11-2-4-12(28)5-3-11/h2-9H,10H2,1H3. The van der Waals surface area contributed by atoms with E-state index in [0.717, 1.165) is 23.1 Å². The molecular weight excluding hydrogens is 524 g/mol. The second-order valence-corrected chi connectivity index (χ2v) is 8.49. The number of nitrogens with zero attached hydrogens (tertiary/aromatic N) is 1. The number of methoxy groups -OCH3 is 1. The number of fused-ring (bicyclic) bond motifs is 1. The molecule has 7 nitrogen and oxygen atoms in total. The van der Waals surface area contributed by atoms with Crippen LogP contribution in [0.3, 0.4) is 0 Å². The van der Waals surface area contributed by atoms with Crippen molar-refractivity contribution in [2.75, 3.05) is 18.6 Å². The Labute approximate surface area is 212 Å². The second-order valence-electron chi connectivity index (χ2n) is 7.27. The molecule has 1 aliphatic rings. The van der Waals surface area contributed by atoms with Gasteiger partial charge in [-0.05, 0) is 42.5 Å². The van der Waals surface area contributed by atoms with Crippen LogP contribution in [0.25, 0.3) is 0 Å². The summed E-state index contributed by atoms with van der Waals surface area (Å²) in [6, 6.07) is 9.70. The van der Waals surface area contributed by atoms with Crippen LogP contribution < -0.4 is 9.64 Å². The zero-order valence-corrected chi connectivity index (χ0v) is 20.0. The topological polar surface area (TPSA) is 90.0 Å². The van der Waals surface area contributed by atoms with Crippen LogP contribution in [0.4, 0.5) is 10.1 Å². The molecule has 1 heterocycles. The fourth-order valence-electron chi connectivity index (χ4n) is 3.42. The van der Waals surface area contributed by atoms with Gasteiger partial charge in [-0.3, -0.25) is 14.4 Å². The molecule has 1 aliphatic heterocycles. The summed E-state index contributed by atoms with van der Waals surface area (Å²) in [5.41, 5.74) is 0.0616. The van der Waals surface area contributed by atoms with Gasteiger partial charge in [-0.15, -0.1) is 0 Å². The van der Waals surface area contributed by atoms with Gasteiger partial charge in [0.05, 0.1) is 39.0 Å². The number of imide groups is 1. The lowest BCUT2D eigenvalue weighted by Gasteiger charge is -2.18. The molecule has 3 aromatic rings. The fourth-order valence-corrected chi connectivity index (χ4v) is 4.00. The van der Waals surface area contributed by atoms with E-state index in [-0.39, 0.29) is 48.8 Å².